The van der Waals surface area contributed by atoms with Crippen molar-refractivity contribution >= 4 is 5.69 Å². The zero-order chi connectivity index (χ0) is 13.1. The standard InChI is InChI=1S/C12H16F3NO/c1-3-11(17)9-6-4-5-7-10(9)16(2)8-12(13,14)15/h4-7,11,17H,3,8H2,1-2H3. The first-order chi connectivity index (χ1) is 7.85. The molecule has 0 aliphatic heterocycles. The van der Waals surface area contributed by atoms with E-state index in [4.69, 9.17) is 0 Å². The zero-order valence-corrected chi connectivity index (χ0v) is 9.83. The van der Waals surface area contributed by atoms with Crippen LogP contribution in [-0.2, 0) is 0 Å². The van der Waals surface area contributed by atoms with E-state index in [1.807, 2.05) is 0 Å². The fraction of sp³-hybridized carbons (Fsp3) is 0.500. The molecule has 0 heterocycles. The van der Waals surface area contributed by atoms with Gasteiger partial charge in [0.05, 0.1) is 6.10 Å². The van der Waals surface area contributed by atoms with Crippen LogP contribution in [0.3, 0.4) is 0 Å². The first-order valence-electron chi connectivity index (χ1n) is 5.40. The molecule has 2 nitrogen and oxygen atoms in total. The van der Waals surface area contributed by atoms with Gasteiger partial charge in [0.25, 0.3) is 0 Å². The van der Waals surface area contributed by atoms with E-state index in [-0.39, 0.29) is 0 Å². The lowest BCUT2D eigenvalue weighted by molar-refractivity contribution is -0.119. The number of nitrogens with zero attached hydrogens (tertiary/aromatic N) is 1. The van der Waals surface area contributed by atoms with Gasteiger partial charge >= 0.3 is 6.18 Å². The van der Waals surface area contributed by atoms with Crippen LogP contribution in [0.1, 0.15) is 25.0 Å². The summed E-state index contributed by atoms with van der Waals surface area (Å²) in [7, 11) is 1.37. The van der Waals surface area contributed by atoms with Crippen molar-refractivity contribution < 1.29 is 18.3 Å². The third kappa shape index (κ3) is 3.93. The van der Waals surface area contributed by atoms with Gasteiger partial charge in [-0.05, 0) is 12.5 Å². The Labute approximate surface area is 98.7 Å². The Bertz CT molecular complexity index is 365. The highest BCUT2D eigenvalue weighted by atomic mass is 19.4. The molecule has 5 heteroatoms. The van der Waals surface area contributed by atoms with Gasteiger partial charge in [-0.25, -0.2) is 0 Å². The van der Waals surface area contributed by atoms with E-state index in [1.54, 1.807) is 31.2 Å². The number of hydrogen-bond acceptors (Lipinski definition) is 2. The molecule has 0 spiro atoms. The fourth-order valence-corrected chi connectivity index (χ4v) is 1.69. The van der Waals surface area contributed by atoms with Crippen molar-refractivity contribution in [1.82, 2.24) is 0 Å². The van der Waals surface area contributed by atoms with Gasteiger partial charge in [-0.15, -0.1) is 0 Å². The number of benzene rings is 1. The van der Waals surface area contributed by atoms with E-state index in [0.717, 1.165) is 4.90 Å². The third-order valence-electron chi connectivity index (χ3n) is 2.51. The number of rotatable bonds is 4. The lowest BCUT2D eigenvalue weighted by Crippen LogP contribution is -2.31. The van der Waals surface area contributed by atoms with Crippen LogP contribution in [0.25, 0.3) is 0 Å². The van der Waals surface area contributed by atoms with Crippen LogP contribution >= 0.6 is 0 Å². The number of para-hydroxylation sites is 1. The molecule has 0 saturated heterocycles. The number of aliphatic hydroxyl groups excluding tert-OH is 1. The van der Waals surface area contributed by atoms with E-state index in [2.05, 4.69) is 0 Å². The second-order valence-corrected chi connectivity index (χ2v) is 3.95. The van der Waals surface area contributed by atoms with E-state index < -0.39 is 18.8 Å². The van der Waals surface area contributed by atoms with Crippen LogP contribution in [0.15, 0.2) is 24.3 Å². The maximum atomic E-state index is 12.3. The number of anilines is 1. The van der Waals surface area contributed by atoms with Gasteiger partial charge in [0.1, 0.15) is 6.54 Å². The van der Waals surface area contributed by atoms with Crippen molar-refractivity contribution in [2.24, 2.45) is 0 Å². The number of hydrogen-bond donors (Lipinski definition) is 1. The maximum absolute atomic E-state index is 12.3. The fourth-order valence-electron chi connectivity index (χ4n) is 1.69. The van der Waals surface area contributed by atoms with Gasteiger partial charge in [-0.1, -0.05) is 25.1 Å². The van der Waals surface area contributed by atoms with Gasteiger partial charge in [0.2, 0.25) is 0 Å². The Morgan fingerprint density at radius 1 is 1.29 bits per heavy atom. The Kier molecular flexibility index (Phi) is 4.40. The maximum Gasteiger partial charge on any atom is 0.405 e. The highest BCUT2D eigenvalue weighted by Gasteiger charge is 2.30. The molecular formula is C12H16F3NO. The lowest BCUT2D eigenvalue weighted by atomic mass is 10.0. The normalized spacial score (nSPS) is 13.5. The first kappa shape index (κ1) is 13.8. The molecule has 96 valence electrons. The summed E-state index contributed by atoms with van der Waals surface area (Å²) in [6.45, 7) is 0.756. The van der Waals surface area contributed by atoms with Crippen LogP contribution in [0.4, 0.5) is 18.9 Å². The molecule has 0 bridgehead atoms. The summed E-state index contributed by atoms with van der Waals surface area (Å²) < 4.78 is 36.9. The summed E-state index contributed by atoms with van der Waals surface area (Å²) in [4.78, 5) is 1.11. The van der Waals surface area contributed by atoms with Crippen molar-refractivity contribution in [1.29, 1.82) is 0 Å². The molecule has 0 saturated carbocycles. The average Bonchev–Trinajstić information content (AvgIpc) is 2.25. The minimum absolute atomic E-state index is 0.416. The molecule has 1 aromatic carbocycles. The monoisotopic (exact) mass is 247 g/mol. The van der Waals surface area contributed by atoms with Gasteiger partial charge < -0.3 is 10.0 Å². The van der Waals surface area contributed by atoms with E-state index in [0.29, 0.717) is 17.7 Å². The molecule has 1 rings (SSSR count). The first-order valence-corrected chi connectivity index (χ1v) is 5.40. The predicted molar refractivity (Wildman–Crippen MR) is 61.0 cm³/mol. The van der Waals surface area contributed by atoms with Crippen molar-refractivity contribution in [2.45, 2.75) is 25.6 Å². The Morgan fingerprint density at radius 3 is 2.41 bits per heavy atom. The van der Waals surface area contributed by atoms with Gasteiger partial charge in [-0.3, -0.25) is 0 Å². The molecule has 0 aromatic heterocycles. The van der Waals surface area contributed by atoms with Crippen molar-refractivity contribution in [2.75, 3.05) is 18.5 Å². The second-order valence-electron chi connectivity index (χ2n) is 3.95. The van der Waals surface area contributed by atoms with E-state index in [9.17, 15) is 18.3 Å². The van der Waals surface area contributed by atoms with Crippen LogP contribution in [0.5, 0.6) is 0 Å². The lowest BCUT2D eigenvalue weighted by Gasteiger charge is -2.25. The predicted octanol–water partition coefficient (Wildman–Crippen LogP) is 3.13. The van der Waals surface area contributed by atoms with Crippen molar-refractivity contribution in [3.63, 3.8) is 0 Å². The zero-order valence-electron chi connectivity index (χ0n) is 9.83. The number of halogens is 3. The topological polar surface area (TPSA) is 23.5 Å². The molecule has 0 fully saturated rings. The quantitative estimate of drug-likeness (QED) is 0.883. The molecule has 0 amide bonds. The minimum atomic E-state index is -4.25. The van der Waals surface area contributed by atoms with Crippen LogP contribution in [-0.4, -0.2) is 24.9 Å². The third-order valence-corrected chi connectivity index (χ3v) is 2.51. The summed E-state index contributed by atoms with van der Waals surface area (Å²) in [6.07, 6.45) is -4.52. The molecule has 1 unspecified atom stereocenters. The molecule has 1 atom stereocenters. The summed E-state index contributed by atoms with van der Waals surface area (Å²) >= 11 is 0. The Balaban J connectivity index is 2.97. The molecule has 0 aliphatic carbocycles. The Hall–Kier alpha value is -1.23. The smallest absolute Gasteiger partial charge is 0.388 e. The molecule has 1 N–H and O–H groups in total. The number of aliphatic hydroxyl groups is 1. The summed E-state index contributed by atoms with van der Waals surface area (Å²) in [5.41, 5.74) is 0.945. The average molecular weight is 247 g/mol. The molecule has 0 aliphatic rings. The summed E-state index contributed by atoms with van der Waals surface area (Å²) in [5.74, 6) is 0. The van der Waals surface area contributed by atoms with E-state index >= 15 is 0 Å². The van der Waals surface area contributed by atoms with E-state index in [1.165, 1.54) is 7.05 Å². The number of alkyl halides is 3. The molecular weight excluding hydrogens is 231 g/mol. The van der Waals surface area contributed by atoms with Gasteiger partial charge in [0, 0.05) is 18.3 Å². The highest BCUT2D eigenvalue weighted by Crippen LogP contribution is 2.29. The molecule has 1 aromatic rings. The van der Waals surface area contributed by atoms with Gasteiger partial charge in [0.15, 0.2) is 0 Å². The van der Waals surface area contributed by atoms with Crippen molar-refractivity contribution in [3.05, 3.63) is 29.8 Å². The molecule has 17 heavy (non-hydrogen) atoms. The largest absolute Gasteiger partial charge is 0.405 e. The van der Waals surface area contributed by atoms with Crippen LogP contribution in [0, 0.1) is 0 Å². The molecule has 0 radical (unpaired) electrons. The second kappa shape index (κ2) is 5.40. The van der Waals surface area contributed by atoms with Crippen LogP contribution in [0.2, 0.25) is 0 Å². The van der Waals surface area contributed by atoms with Gasteiger partial charge in [-0.2, -0.15) is 13.2 Å². The Morgan fingerprint density at radius 2 is 1.88 bits per heavy atom. The van der Waals surface area contributed by atoms with Crippen LogP contribution < -0.4 is 4.90 Å². The van der Waals surface area contributed by atoms with Crippen molar-refractivity contribution in [3.8, 4) is 0 Å². The SMILES string of the molecule is CCC(O)c1ccccc1N(C)CC(F)(F)F. The minimum Gasteiger partial charge on any atom is -0.388 e. The highest BCUT2D eigenvalue weighted by molar-refractivity contribution is 5.54. The summed E-state index contributed by atoms with van der Waals surface area (Å²) in [6, 6.07) is 6.60. The summed E-state index contributed by atoms with van der Waals surface area (Å²) in [5, 5.41) is 9.75.